The number of anilines is 1. The molecule has 1 fully saturated rings. The third kappa shape index (κ3) is 4.28. The van der Waals surface area contributed by atoms with Crippen LogP contribution in [-0.4, -0.2) is 44.9 Å². The van der Waals surface area contributed by atoms with Gasteiger partial charge in [-0.25, -0.2) is 8.42 Å². The molecule has 0 atom stereocenters. The van der Waals surface area contributed by atoms with E-state index in [-0.39, 0.29) is 33.6 Å². The lowest BCUT2D eigenvalue weighted by Crippen LogP contribution is -2.40. The van der Waals surface area contributed by atoms with Gasteiger partial charge in [0, 0.05) is 18.8 Å². The van der Waals surface area contributed by atoms with Gasteiger partial charge in [-0.3, -0.25) is 4.79 Å². The Morgan fingerprint density at radius 1 is 1.11 bits per heavy atom. The maximum atomic E-state index is 12.9. The first-order valence-electron chi connectivity index (χ1n) is 8.24. The van der Waals surface area contributed by atoms with Gasteiger partial charge in [-0.1, -0.05) is 41.4 Å². The Balaban J connectivity index is 1.96. The van der Waals surface area contributed by atoms with E-state index < -0.39 is 15.9 Å². The molecule has 0 unspecified atom stereocenters. The summed E-state index contributed by atoms with van der Waals surface area (Å²) in [5, 5.41) is 2.80. The number of carbonyl (C=O) groups is 1. The number of amides is 1. The maximum Gasteiger partial charge on any atom is 0.257 e. The number of aryl methyl sites for hydroxylation is 1. The SMILES string of the molecule is Cc1ccccc1NC(=O)c1cc(S(=O)(=O)N2CCOCC2)c(Cl)cc1Cl. The van der Waals surface area contributed by atoms with Crippen LogP contribution >= 0.6 is 23.2 Å². The molecule has 1 amide bonds. The van der Waals surface area contributed by atoms with Crippen LogP contribution in [0.3, 0.4) is 0 Å². The zero-order valence-electron chi connectivity index (χ0n) is 14.5. The molecule has 27 heavy (non-hydrogen) atoms. The van der Waals surface area contributed by atoms with Crippen molar-refractivity contribution >= 4 is 44.8 Å². The van der Waals surface area contributed by atoms with Crippen LogP contribution in [0.4, 0.5) is 5.69 Å². The summed E-state index contributed by atoms with van der Waals surface area (Å²) in [6, 6.07) is 9.76. The highest BCUT2D eigenvalue weighted by atomic mass is 35.5. The number of sulfonamides is 1. The summed E-state index contributed by atoms with van der Waals surface area (Å²) in [5.41, 5.74) is 1.53. The fourth-order valence-electron chi connectivity index (χ4n) is 2.73. The Hall–Kier alpha value is -1.64. The van der Waals surface area contributed by atoms with Gasteiger partial charge in [-0.2, -0.15) is 4.31 Å². The van der Waals surface area contributed by atoms with Crippen LogP contribution in [0.1, 0.15) is 15.9 Å². The molecule has 6 nitrogen and oxygen atoms in total. The number of ether oxygens (including phenoxy) is 1. The molecular formula is C18H18Cl2N2O4S. The Kier molecular flexibility index (Phi) is 6.08. The van der Waals surface area contributed by atoms with E-state index in [1.807, 2.05) is 19.1 Å². The predicted octanol–water partition coefficient (Wildman–Crippen LogP) is 3.58. The van der Waals surface area contributed by atoms with E-state index in [1.54, 1.807) is 12.1 Å². The molecule has 0 aromatic heterocycles. The molecule has 1 N–H and O–H groups in total. The monoisotopic (exact) mass is 428 g/mol. The Bertz CT molecular complexity index is 973. The van der Waals surface area contributed by atoms with Crippen molar-refractivity contribution in [2.24, 2.45) is 0 Å². The quantitative estimate of drug-likeness (QED) is 0.807. The van der Waals surface area contributed by atoms with E-state index >= 15 is 0 Å². The van der Waals surface area contributed by atoms with Gasteiger partial charge in [0.2, 0.25) is 10.0 Å². The lowest BCUT2D eigenvalue weighted by atomic mass is 10.1. The van der Waals surface area contributed by atoms with Gasteiger partial charge in [0.15, 0.2) is 0 Å². The summed E-state index contributed by atoms with van der Waals surface area (Å²) < 4.78 is 32.3. The fourth-order valence-corrected chi connectivity index (χ4v) is 4.97. The molecule has 144 valence electrons. The predicted molar refractivity (Wildman–Crippen MR) is 105 cm³/mol. The van der Waals surface area contributed by atoms with Crippen molar-refractivity contribution < 1.29 is 17.9 Å². The minimum Gasteiger partial charge on any atom is -0.379 e. The second-order valence-electron chi connectivity index (χ2n) is 6.05. The Morgan fingerprint density at radius 2 is 1.78 bits per heavy atom. The van der Waals surface area contributed by atoms with Crippen LogP contribution < -0.4 is 5.32 Å². The molecule has 0 bridgehead atoms. The van der Waals surface area contributed by atoms with Crippen molar-refractivity contribution in [3.63, 3.8) is 0 Å². The summed E-state index contributed by atoms with van der Waals surface area (Å²) in [7, 11) is -3.86. The second kappa shape index (κ2) is 8.16. The molecule has 1 heterocycles. The van der Waals surface area contributed by atoms with Crippen molar-refractivity contribution in [2.45, 2.75) is 11.8 Å². The average Bonchev–Trinajstić information content (AvgIpc) is 2.64. The number of para-hydroxylation sites is 1. The van der Waals surface area contributed by atoms with Crippen LogP contribution in [-0.2, 0) is 14.8 Å². The van der Waals surface area contributed by atoms with Gasteiger partial charge >= 0.3 is 0 Å². The number of nitrogens with zero attached hydrogens (tertiary/aromatic N) is 1. The van der Waals surface area contributed by atoms with E-state index in [4.69, 9.17) is 27.9 Å². The van der Waals surface area contributed by atoms with Crippen molar-refractivity contribution in [1.82, 2.24) is 4.31 Å². The van der Waals surface area contributed by atoms with Crippen LogP contribution in [0.25, 0.3) is 0 Å². The van der Waals surface area contributed by atoms with E-state index in [0.29, 0.717) is 18.9 Å². The van der Waals surface area contributed by atoms with E-state index in [2.05, 4.69) is 5.32 Å². The van der Waals surface area contributed by atoms with E-state index in [9.17, 15) is 13.2 Å². The van der Waals surface area contributed by atoms with Crippen molar-refractivity contribution in [2.75, 3.05) is 31.6 Å². The molecule has 0 radical (unpaired) electrons. The molecule has 0 saturated carbocycles. The second-order valence-corrected chi connectivity index (χ2v) is 8.77. The molecule has 3 rings (SSSR count). The first-order valence-corrected chi connectivity index (χ1v) is 10.4. The third-order valence-corrected chi connectivity index (χ3v) is 6.92. The first kappa shape index (κ1) is 20.1. The number of rotatable bonds is 4. The van der Waals surface area contributed by atoms with Gasteiger partial charge < -0.3 is 10.1 Å². The van der Waals surface area contributed by atoms with Gasteiger partial charge in [-0.15, -0.1) is 0 Å². The topological polar surface area (TPSA) is 75.7 Å². The summed E-state index contributed by atoms with van der Waals surface area (Å²) >= 11 is 12.3. The Morgan fingerprint density at radius 3 is 2.44 bits per heavy atom. The lowest BCUT2D eigenvalue weighted by Gasteiger charge is -2.26. The Labute approximate surface area is 168 Å². The molecule has 0 aliphatic carbocycles. The summed E-state index contributed by atoms with van der Waals surface area (Å²) in [6.07, 6.45) is 0. The molecule has 1 saturated heterocycles. The zero-order valence-corrected chi connectivity index (χ0v) is 16.9. The van der Waals surface area contributed by atoms with Crippen LogP contribution in [0, 0.1) is 6.92 Å². The van der Waals surface area contributed by atoms with E-state index in [1.165, 1.54) is 16.4 Å². The highest BCUT2D eigenvalue weighted by Gasteiger charge is 2.30. The summed E-state index contributed by atoms with van der Waals surface area (Å²) in [4.78, 5) is 12.5. The molecule has 2 aromatic carbocycles. The number of nitrogens with one attached hydrogen (secondary N) is 1. The number of hydrogen-bond donors (Lipinski definition) is 1. The maximum absolute atomic E-state index is 12.9. The van der Waals surface area contributed by atoms with Gasteiger partial charge in [-0.05, 0) is 30.7 Å². The van der Waals surface area contributed by atoms with E-state index in [0.717, 1.165) is 5.56 Å². The van der Waals surface area contributed by atoms with Crippen molar-refractivity contribution in [3.8, 4) is 0 Å². The third-order valence-electron chi connectivity index (χ3n) is 4.25. The fraction of sp³-hybridized carbons (Fsp3) is 0.278. The van der Waals surface area contributed by atoms with Crippen LogP contribution in [0.15, 0.2) is 41.3 Å². The average molecular weight is 429 g/mol. The zero-order chi connectivity index (χ0) is 19.6. The van der Waals surface area contributed by atoms with Gasteiger partial charge in [0.25, 0.3) is 5.91 Å². The highest BCUT2D eigenvalue weighted by Crippen LogP contribution is 2.31. The van der Waals surface area contributed by atoms with Crippen LogP contribution in [0.5, 0.6) is 0 Å². The standard InChI is InChI=1S/C18H18Cl2N2O4S/c1-12-4-2-3-5-16(12)21-18(23)13-10-17(15(20)11-14(13)19)27(24,25)22-6-8-26-9-7-22/h2-5,10-11H,6-9H2,1H3,(H,21,23). The molecule has 9 heteroatoms. The molecule has 0 spiro atoms. The first-order chi connectivity index (χ1) is 12.8. The van der Waals surface area contributed by atoms with Crippen molar-refractivity contribution in [3.05, 3.63) is 57.6 Å². The number of morpholine rings is 1. The minimum absolute atomic E-state index is 0.0288. The number of halogens is 2. The lowest BCUT2D eigenvalue weighted by molar-refractivity contribution is 0.0730. The van der Waals surface area contributed by atoms with Gasteiger partial charge in [0.1, 0.15) is 4.90 Å². The minimum atomic E-state index is -3.86. The number of carbonyl (C=O) groups excluding carboxylic acids is 1. The summed E-state index contributed by atoms with van der Waals surface area (Å²) in [5.74, 6) is -0.510. The highest BCUT2D eigenvalue weighted by molar-refractivity contribution is 7.89. The molecule has 2 aromatic rings. The number of hydrogen-bond acceptors (Lipinski definition) is 4. The molecular weight excluding hydrogens is 411 g/mol. The van der Waals surface area contributed by atoms with Crippen molar-refractivity contribution in [1.29, 1.82) is 0 Å². The molecule has 1 aliphatic rings. The van der Waals surface area contributed by atoms with Gasteiger partial charge in [0.05, 0.1) is 28.8 Å². The molecule has 1 aliphatic heterocycles. The number of benzene rings is 2. The van der Waals surface area contributed by atoms with Crippen LogP contribution in [0.2, 0.25) is 10.0 Å². The summed E-state index contributed by atoms with van der Waals surface area (Å²) in [6.45, 7) is 2.93. The smallest absolute Gasteiger partial charge is 0.257 e. The normalized spacial score (nSPS) is 15.5. The largest absolute Gasteiger partial charge is 0.379 e.